The van der Waals surface area contributed by atoms with Gasteiger partial charge in [0.05, 0.1) is 6.10 Å². The van der Waals surface area contributed by atoms with E-state index in [1.807, 2.05) is 13.8 Å². The van der Waals surface area contributed by atoms with E-state index in [0.717, 1.165) is 5.75 Å². The molecule has 4 nitrogen and oxygen atoms in total. The van der Waals surface area contributed by atoms with E-state index in [2.05, 4.69) is 5.32 Å². The van der Waals surface area contributed by atoms with Crippen molar-refractivity contribution in [2.75, 3.05) is 5.32 Å². The fraction of sp³-hybridized carbons (Fsp3) is 0.214. The zero-order valence-corrected chi connectivity index (χ0v) is 11.4. The summed E-state index contributed by atoms with van der Waals surface area (Å²) in [4.78, 5) is 11.8. The van der Waals surface area contributed by atoms with Crippen molar-refractivity contribution >= 4 is 23.2 Å². The van der Waals surface area contributed by atoms with Crippen LogP contribution >= 0.6 is 11.6 Å². The molecule has 0 unspecified atom stereocenters. The topological polar surface area (TPSA) is 51.5 Å². The number of anilines is 1. The number of rotatable bonds is 4. The average molecular weight is 280 g/mol. The van der Waals surface area contributed by atoms with Crippen molar-refractivity contribution in [3.05, 3.63) is 47.4 Å². The largest absolute Gasteiger partial charge is 0.491 e. The van der Waals surface area contributed by atoms with Gasteiger partial charge in [-0.05, 0) is 61.8 Å². The molecule has 1 heterocycles. The SMILES string of the molecule is CC(C)Oc1ccc(NC(=O)c2ccc(Cl)o2)cc1. The van der Waals surface area contributed by atoms with Gasteiger partial charge in [0.25, 0.3) is 5.91 Å². The van der Waals surface area contributed by atoms with Crippen LogP contribution < -0.4 is 10.1 Å². The highest BCUT2D eigenvalue weighted by molar-refractivity contribution is 6.29. The van der Waals surface area contributed by atoms with Crippen LogP contribution in [0.3, 0.4) is 0 Å². The number of nitrogens with one attached hydrogen (secondary N) is 1. The molecule has 0 bridgehead atoms. The lowest BCUT2D eigenvalue weighted by Gasteiger charge is -2.10. The summed E-state index contributed by atoms with van der Waals surface area (Å²) in [6, 6.07) is 10.2. The summed E-state index contributed by atoms with van der Waals surface area (Å²) in [5.41, 5.74) is 0.661. The van der Waals surface area contributed by atoms with Crippen molar-refractivity contribution in [2.24, 2.45) is 0 Å². The smallest absolute Gasteiger partial charge is 0.291 e. The van der Waals surface area contributed by atoms with Crippen LogP contribution in [0.15, 0.2) is 40.8 Å². The Morgan fingerprint density at radius 2 is 1.89 bits per heavy atom. The lowest BCUT2D eigenvalue weighted by atomic mass is 10.3. The van der Waals surface area contributed by atoms with Crippen LogP contribution in [-0.2, 0) is 0 Å². The Labute approximate surface area is 116 Å². The summed E-state index contributed by atoms with van der Waals surface area (Å²) < 4.78 is 10.5. The normalized spacial score (nSPS) is 10.5. The molecule has 2 rings (SSSR count). The van der Waals surface area contributed by atoms with Crippen molar-refractivity contribution in [3.63, 3.8) is 0 Å². The van der Waals surface area contributed by atoms with E-state index in [1.54, 1.807) is 24.3 Å². The van der Waals surface area contributed by atoms with Gasteiger partial charge in [0, 0.05) is 5.69 Å². The minimum absolute atomic E-state index is 0.116. The quantitative estimate of drug-likeness (QED) is 0.921. The second-order valence-electron chi connectivity index (χ2n) is 4.25. The maximum absolute atomic E-state index is 11.8. The molecule has 5 heteroatoms. The van der Waals surface area contributed by atoms with Gasteiger partial charge in [0.2, 0.25) is 0 Å². The van der Waals surface area contributed by atoms with E-state index in [0.29, 0.717) is 5.69 Å². The van der Waals surface area contributed by atoms with Crippen LogP contribution in [0.4, 0.5) is 5.69 Å². The number of hydrogen-bond donors (Lipinski definition) is 1. The number of hydrogen-bond acceptors (Lipinski definition) is 3. The van der Waals surface area contributed by atoms with Crippen LogP contribution in [0.5, 0.6) is 5.75 Å². The van der Waals surface area contributed by atoms with Crippen molar-refractivity contribution in [1.29, 1.82) is 0 Å². The van der Waals surface area contributed by atoms with Crippen molar-refractivity contribution in [2.45, 2.75) is 20.0 Å². The molecule has 0 spiro atoms. The monoisotopic (exact) mass is 279 g/mol. The molecule has 1 aromatic heterocycles. The number of benzene rings is 1. The third kappa shape index (κ3) is 3.76. The minimum Gasteiger partial charge on any atom is -0.491 e. The van der Waals surface area contributed by atoms with Crippen molar-refractivity contribution < 1.29 is 13.9 Å². The van der Waals surface area contributed by atoms with Gasteiger partial charge >= 0.3 is 0 Å². The predicted octanol–water partition coefficient (Wildman–Crippen LogP) is 3.97. The lowest BCUT2D eigenvalue weighted by Crippen LogP contribution is -2.11. The minimum atomic E-state index is -0.343. The average Bonchev–Trinajstić information content (AvgIpc) is 2.78. The van der Waals surface area contributed by atoms with E-state index in [9.17, 15) is 4.79 Å². The molecule has 0 fully saturated rings. The summed E-state index contributed by atoms with van der Waals surface area (Å²) in [7, 11) is 0. The zero-order valence-electron chi connectivity index (χ0n) is 10.6. The van der Waals surface area contributed by atoms with Gasteiger partial charge in [-0.2, -0.15) is 0 Å². The second kappa shape index (κ2) is 5.80. The maximum atomic E-state index is 11.8. The third-order valence-corrected chi connectivity index (χ3v) is 2.48. The lowest BCUT2D eigenvalue weighted by molar-refractivity contribution is 0.0996. The molecule has 1 amide bonds. The highest BCUT2D eigenvalue weighted by Crippen LogP contribution is 2.19. The molecule has 0 radical (unpaired) electrons. The summed E-state index contributed by atoms with van der Waals surface area (Å²) in [6.07, 6.45) is 0.116. The van der Waals surface area contributed by atoms with E-state index in [-0.39, 0.29) is 23.0 Å². The fourth-order valence-corrected chi connectivity index (χ4v) is 1.66. The van der Waals surface area contributed by atoms with Crippen LogP contribution in [0.25, 0.3) is 0 Å². The molecular formula is C14H14ClNO3. The highest BCUT2D eigenvalue weighted by Gasteiger charge is 2.10. The number of amides is 1. The number of ether oxygens (including phenoxy) is 1. The standard InChI is InChI=1S/C14H14ClNO3/c1-9(2)18-11-5-3-10(4-6-11)16-14(17)12-7-8-13(15)19-12/h3-9H,1-2H3,(H,16,17). The Morgan fingerprint density at radius 3 is 2.42 bits per heavy atom. The van der Waals surface area contributed by atoms with Gasteiger partial charge in [-0.15, -0.1) is 0 Å². The van der Waals surface area contributed by atoms with Crippen LogP contribution in [-0.4, -0.2) is 12.0 Å². The molecule has 1 aromatic carbocycles. The van der Waals surface area contributed by atoms with Gasteiger partial charge in [-0.1, -0.05) is 0 Å². The molecule has 0 atom stereocenters. The number of furan rings is 1. The maximum Gasteiger partial charge on any atom is 0.291 e. The van der Waals surface area contributed by atoms with Gasteiger partial charge in [-0.3, -0.25) is 4.79 Å². The van der Waals surface area contributed by atoms with Crippen LogP contribution in [0.2, 0.25) is 5.22 Å². The first-order valence-corrected chi connectivity index (χ1v) is 6.26. The Kier molecular flexibility index (Phi) is 4.12. The second-order valence-corrected chi connectivity index (χ2v) is 4.62. The Balaban J connectivity index is 2.01. The Bertz CT molecular complexity index is 560. The molecule has 0 saturated carbocycles. The van der Waals surface area contributed by atoms with E-state index >= 15 is 0 Å². The van der Waals surface area contributed by atoms with Gasteiger partial charge in [0.1, 0.15) is 5.75 Å². The number of carbonyl (C=O) groups excluding carboxylic acids is 1. The first-order chi connectivity index (χ1) is 9.04. The number of carbonyl (C=O) groups is 1. The Morgan fingerprint density at radius 1 is 1.21 bits per heavy atom. The number of halogens is 1. The predicted molar refractivity (Wildman–Crippen MR) is 73.9 cm³/mol. The Hall–Kier alpha value is -1.94. The van der Waals surface area contributed by atoms with E-state index in [1.165, 1.54) is 12.1 Å². The van der Waals surface area contributed by atoms with Crippen molar-refractivity contribution in [1.82, 2.24) is 0 Å². The molecule has 1 N–H and O–H groups in total. The third-order valence-electron chi connectivity index (χ3n) is 2.28. The van der Waals surface area contributed by atoms with E-state index < -0.39 is 0 Å². The first kappa shape index (κ1) is 13.5. The van der Waals surface area contributed by atoms with Gasteiger partial charge in [0.15, 0.2) is 11.0 Å². The summed E-state index contributed by atoms with van der Waals surface area (Å²) >= 11 is 5.61. The van der Waals surface area contributed by atoms with Crippen LogP contribution in [0.1, 0.15) is 24.4 Å². The molecule has 0 saturated heterocycles. The fourth-order valence-electron chi connectivity index (χ4n) is 1.52. The molecule has 19 heavy (non-hydrogen) atoms. The highest BCUT2D eigenvalue weighted by atomic mass is 35.5. The van der Waals surface area contributed by atoms with Crippen molar-refractivity contribution in [3.8, 4) is 5.75 Å². The van der Waals surface area contributed by atoms with Gasteiger partial charge < -0.3 is 14.5 Å². The molecule has 0 aliphatic heterocycles. The molecule has 100 valence electrons. The van der Waals surface area contributed by atoms with E-state index in [4.69, 9.17) is 20.8 Å². The van der Waals surface area contributed by atoms with Gasteiger partial charge in [-0.25, -0.2) is 0 Å². The first-order valence-electron chi connectivity index (χ1n) is 5.88. The zero-order chi connectivity index (χ0) is 13.8. The molecular weight excluding hydrogens is 266 g/mol. The molecule has 0 aliphatic carbocycles. The summed E-state index contributed by atoms with van der Waals surface area (Å²) in [5.74, 6) is 0.589. The summed E-state index contributed by atoms with van der Waals surface area (Å²) in [5, 5.41) is 2.89. The molecule has 2 aromatic rings. The van der Waals surface area contributed by atoms with Crippen LogP contribution in [0, 0.1) is 0 Å². The molecule has 0 aliphatic rings. The summed E-state index contributed by atoms with van der Waals surface area (Å²) in [6.45, 7) is 3.91.